The number of carbonyl (C=O) groups is 2. The van der Waals surface area contributed by atoms with E-state index >= 15 is 0 Å². The van der Waals surface area contributed by atoms with Crippen LogP contribution in [0.2, 0.25) is 0 Å². The molecule has 0 rings (SSSR count). The molecule has 0 saturated heterocycles. The van der Waals surface area contributed by atoms with E-state index in [1.807, 2.05) is 0 Å². The highest BCUT2D eigenvalue weighted by Crippen LogP contribution is 1.80. The van der Waals surface area contributed by atoms with Gasteiger partial charge in [0.2, 0.25) is 0 Å². The number of ether oxygens (including phenoxy) is 2. The molecular formula is C7H12O5. The van der Waals surface area contributed by atoms with Crippen LogP contribution in [0.5, 0.6) is 0 Å². The smallest absolute Gasteiger partial charge is 0.329 e. The zero-order valence-corrected chi connectivity index (χ0v) is 6.69. The van der Waals surface area contributed by atoms with Crippen molar-refractivity contribution in [3.05, 3.63) is 0 Å². The van der Waals surface area contributed by atoms with Gasteiger partial charge in [-0.2, -0.15) is 0 Å². The average Bonchev–Trinajstić information content (AvgIpc) is 2.02. The SMILES string of the molecule is O=CCCOCCOCC(=O)O. The quantitative estimate of drug-likeness (QED) is 0.406. The summed E-state index contributed by atoms with van der Waals surface area (Å²) in [7, 11) is 0. The molecule has 0 atom stereocenters. The number of carboxylic acids is 1. The van der Waals surface area contributed by atoms with E-state index in [0.29, 0.717) is 19.6 Å². The maximum atomic E-state index is 9.92. The largest absolute Gasteiger partial charge is 0.480 e. The molecular weight excluding hydrogens is 164 g/mol. The summed E-state index contributed by atoms with van der Waals surface area (Å²) in [5.41, 5.74) is 0. The van der Waals surface area contributed by atoms with Gasteiger partial charge in [0, 0.05) is 6.42 Å². The van der Waals surface area contributed by atoms with Crippen LogP contribution in [0.25, 0.3) is 0 Å². The lowest BCUT2D eigenvalue weighted by Crippen LogP contribution is -2.11. The topological polar surface area (TPSA) is 72.8 Å². The fraction of sp³-hybridized carbons (Fsp3) is 0.714. The number of hydrogen-bond acceptors (Lipinski definition) is 4. The van der Waals surface area contributed by atoms with Crippen LogP contribution in [0.4, 0.5) is 0 Å². The van der Waals surface area contributed by atoms with Gasteiger partial charge in [0.25, 0.3) is 0 Å². The summed E-state index contributed by atoms with van der Waals surface area (Å²) in [6.45, 7) is 0.614. The standard InChI is InChI=1S/C7H12O5/c8-2-1-3-11-4-5-12-6-7(9)10/h2H,1,3-6H2,(H,9,10). The van der Waals surface area contributed by atoms with Crippen LogP contribution in [0.15, 0.2) is 0 Å². The van der Waals surface area contributed by atoms with Crippen LogP contribution in [0.1, 0.15) is 6.42 Å². The van der Waals surface area contributed by atoms with Gasteiger partial charge in [-0.05, 0) is 0 Å². The number of hydrogen-bond donors (Lipinski definition) is 1. The van der Waals surface area contributed by atoms with E-state index in [-0.39, 0.29) is 13.2 Å². The van der Waals surface area contributed by atoms with E-state index in [0.717, 1.165) is 6.29 Å². The van der Waals surface area contributed by atoms with E-state index in [1.165, 1.54) is 0 Å². The molecule has 0 aliphatic rings. The molecule has 0 bridgehead atoms. The number of aldehydes is 1. The number of aliphatic carboxylic acids is 1. The zero-order chi connectivity index (χ0) is 9.23. The lowest BCUT2D eigenvalue weighted by atomic mass is 10.5. The second-order valence-electron chi connectivity index (χ2n) is 2.01. The first-order valence-electron chi connectivity index (χ1n) is 3.58. The second kappa shape index (κ2) is 8.16. The normalized spacial score (nSPS) is 9.67. The first-order chi connectivity index (χ1) is 5.77. The molecule has 0 aliphatic heterocycles. The Labute approximate surface area is 70.3 Å². The van der Waals surface area contributed by atoms with Crippen molar-refractivity contribution in [2.45, 2.75) is 6.42 Å². The predicted molar refractivity (Wildman–Crippen MR) is 40.0 cm³/mol. The summed E-state index contributed by atoms with van der Waals surface area (Å²) in [4.78, 5) is 19.7. The average molecular weight is 176 g/mol. The van der Waals surface area contributed by atoms with Gasteiger partial charge in [-0.3, -0.25) is 0 Å². The molecule has 0 unspecified atom stereocenters. The molecule has 0 aliphatic carbocycles. The van der Waals surface area contributed by atoms with Crippen molar-refractivity contribution in [3.63, 3.8) is 0 Å². The maximum absolute atomic E-state index is 9.92. The molecule has 12 heavy (non-hydrogen) atoms. The third-order valence-corrected chi connectivity index (χ3v) is 0.978. The first-order valence-corrected chi connectivity index (χ1v) is 3.58. The molecule has 70 valence electrons. The van der Waals surface area contributed by atoms with Crippen molar-refractivity contribution >= 4 is 12.3 Å². The maximum Gasteiger partial charge on any atom is 0.329 e. The van der Waals surface area contributed by atoms with Gasteiger partial charge in [0.15, 0.2) is 0 Å². The monoisotopic (exact) mass is 176 g/mol. The van der Waals surface area contributed by atoms with Gasteiger partial charge < -0.3 is 19.4 Å². The Morgan fingerprint density at radius 1 is 1.25 bits per heavy atom. The molecule has 0 heterocycles. The minimum Gasteiger partial charge on any atom is -0.480 e. The fourth-order valence-corrected chi connectivity index (χ4v) is 0.511. The Morgan fingerprint density at radius 3 is 2.50 bits per heavy atom. The molecule has 1 N–H and O–H groups in total. The Balaban J connectivity index is 2.90. The molecule has 0 radical (unpaired) electrons. The van der Waals surface area contributed by atoms with Crippen LogP contribution in [-0.4, -0.2) is 43.8 Å². The highest BCUT2D eigenvalue weighted by atomic mass is 16.5. The number of carboxylic acid groups (broad SMARTS) is 1. The Kier molecular flexibility index (Phi) is 7.52. The molecule has 0 fully saturated rings. The Morgan fingerprint density at radius 2 is 1.92 bits per heavy atom. The summed E-state index contributed by atoms with van der Waals surface area (Å²) in [6.07, 6.45) is 1.12. The molecule has 0 aromatic heterocycles. The summed E-state index contributed by atoms with van der Waals surface area (Å²) < 4.78 is 9.57. The van der Waals surface area contributed by atoms with Crippen LogP contribution >= 0.6 is 0 Å². The first kappa shape index (κ1) is 11.1. The van der Waals surface area contributed by atoms with Crippen molar-refractivity contribution in [2.24, 2.45) is 0 Å². The van der Waals surface area contributed by atoms with Crippen LogP contribution in [0.3, 0.4) is 0 Å². The van der Waals surface area contributed by atoms with Crippen LogP contribution in [-0.2, 0) is 19.1 Å². The lowest BCUT2D eigenvalue weighted by Gasteiger charge is -2.01. The van der Waals surface area contributed by atoms with E-state index in [1.54, 1.807) is 0 Å². The lowest BCUT2D eigenvalue weighted by molar-refractivity contribution is -0.142. The summed E-state index contributed by atoms with van der Waals surface area (Å²) in [5.74, 6) is -0.997. The van der Waals surface area contributed by atoms with E-state index < -0.39 is 5.97 Å². The van der Waals surface area contributed by atoms with E-state index in [2.05, 4.69) is 4.74 Å². The molecule has 0 saturated carbocycles. The highest BCUT2D eigenvalue weighted by Gasteiger charge is 1.95. The highest BCUT2D eigenvalue weighted by molar-refractivity contribution is 5.67. The van der Waals surface area contributed by atoms with Gasteiger partial charge in [0.1, 0.15) is 12.9 Å². The fourth-order valence-electron chi connectivity index (χ4n) is 0.511. The van der Waals surface area contributed by atoms with E-state index in [9.17, 15) is 9.59 Å². The van der Waals surface area contributed by atoms with Crippen molar-refractivity contribution < 1.29 is 24.2 Å². The van der Waals surface area contributed by atoms with Gasteiger partial charge in [-0.25, -0.2) is 4.79 Å². The summed E-state index contributed by atoms with van der Waals surface area (Å²) in [6, 6.07) is 0. The summed E-state index contributed by atoms with van der Waals surface area (Å²) >= 11 is 0. The van der Waals surface area contributed by atoms with Crippen molar-refractivity contribution in [2.75, 3.05) is 26.4 Å². The van der Waals surface area contributed by atoms with Gasteiger partial charge in [-0.15, -0.1) is 0 Å². The van der Waals surface area contributed by atoms with E-state index in [4.69, 9.17) is 9.84 Å². The summed E-state index contributed by atoms with van der Waals surface area (Å²) in [5, 5.41) is 8.14. The predicted octanol–water partition coefficient (Wildman–Crippen LogP) is -0.307. The number of carbonyl (C=O) groups excluding carboxylic acids is 1. The minimum atomic E-state index is -0.997. The van der Waals surface area contributed by atoms with Crippen LogP contribution < -0.4 is 0 Å². The second-order valence-corrected chi connectivity index (χ2v) is 2.01. The van der Waals surface area contributed by atoms with Crippen LogP contribution in [0, 0.1) is 0 Å². The Hall–Kier alpha value is -0.940. The molecule has 5 nitrogen and oxygen atoms in total. The van der Waals surface area contributed by atoms with Crippen molar-refractivity contribution in [1.82, 2.24) is 0 Å². The van der Waals surface area contributed by atoms with Gasteiger partial charge >= 0.3 is 5.97 Å². The van der Waals surface area contributed by atoms with Crippen molar-refractivity contribution in [1.29, 1.82) is 0 Å². The molecule has 5 heteroatoms. The van der Waals surface area contributed by atoms with Gasteiger partial charge in [0.05, 0.1) is 19.8 Å². The third-order valence-electron chi connectivity index (χ3n) is 0.978. The molecule has 0 spiro atoms. The van der Waals surface area contributed by atoms with Crippen molar-refractivity contribution in [3.8, 4) is 0 Å². The van der Waals surface area contributed by atoms with Gasteiger partial charge in [-0.1, -0.05) is 0 Å². The molecule has 0 aromatic rings. The Bertz CT molecular complexity index is 134. The molecule has 0 amide bonds. The number of rotatable bonds is 8. The minimum absolute atomic E-state index is 0.241. The third kappa shape index (κ3) is 9.06. The zero-order valence-electron chi connectivity index (χ0n) is 6.69. The molecule has 0 aromatic carbocycles.